The SMILES string of the molecule is O=CC1CCC(c2ccc(Br)cc2)CN1. The Hall–Kier alpha value is -0.670. The van der Waals surface area contributed by atoms with Gasteiger partial charge in [0.1, 0.15) is 6.29 Å². The fraction of sp³-hybridized carbons (Fsp3) is 0.417. The fourth-order valence-electron chi connectivity index (χ4n) is 2.01. The van der Waals surface area contributed by atoms with Gasteiger partial charge in [-0.15, -0.1) is 0 Å². The number of benzene rings is 1. The molecule has 3 heteroatoms. The first-order valence-electron chi connectivity index (χ1n) is 5.24. The van der Waals surface area contributed by atoms with Crippen molar-refractivity contribution >= 4 is 22.2 Å². The maximum Gasteiger partial charge on any atom is 0.136 e. The predicted octanol–water partition coefficient (Wildman–Crippen LogP) is 2.48. The molecule has 0 aromatic heterocycles. The molecule has 1 N–H and O–H groups in total. The van der Waals surface area contributed by atoms with Gasteiger partial charge in [0.05, 0.1) is 6.04 Å². The van der Waals surface area contributed by atoms with Crippen LogP contribution in [0.1, 0.15) is 24.3 Å². The largest absolute Gasteiger partial charge is 0.307 e. The number of hydrogen-bond acceptors (Lipinski definition) is 2. The molecule has 0 aliphatic carbocycles. The third kappa shape index (κ3) is 2.67. The molecular formula is C12H14BrNO. The van der Waals surface area contributed by atoms with E-state index >= 15 is 0 Å². The molecule has 1 aliphatic rings. The molecule has 1 aromatic carbocycles. The van der Waals surface area contributed by atoms with Crippen LogP contribution in [0.2, 0.25) is 0 Å². The summed E-state index contributed by atoms with van der Waals surface area (Å²) in [7, 11) is 0. The Kier molecular flexibility index (Phi) is 3.54. The zero-order chi connectivity index (χ0) is 10.7. The van der Waals surface area contributed by atoms with Crippen molar-refractivity contribution in [2.75, 3.05) is 6.54 Å². The number of aldehydes is 1. The number of halogens is 1. The summed E-state index contributed by atoms with van der Waals surface area (Å²) in [5, 5.41) is 3.25. The number of carbonyl (C=O) groups excluding carboxylic acids is 1. The highest BCUT2D eigenvalue weighted by molar-refractivity contribution is 9.10. The number of nitrogens with one attached hydrogen (secondary N) is 1. The second-order valence-electron chi connectivity index (χ2n) is 3.98. The summed E-state index contributed by atoms with van der Waals surface area (Å²) >= 11 is 3.43. The summed E-state index contributed by atoms with van der Waals surface area (Å²) < 4.78 is 1.11. The van der Waals surface area contributed by atoms with Crippen molar-refractivity contribution in [3.63, 3.8) is 0 Å². The third-order valence-corrected chi connectivity index (χ3v) is 3.49. The van der Waals surface area contributed by atoms with Crippen LogP contribution in [0.25, 0.3) is 0 Å². The topological polar surface area (TPSA) is 29.1 Å². The third-order valence-electron chi connectivity index (χ3n) is 2.96. The Labute approximate surface area is 98.2 Å². The maximum absolute atomic E-state index is 10.6. The van der Waals surface area contributed by atoms with E-state index in [2.05, 4.69) is 45.5 Å². The van der Waals surface area contributed by atoms with E-state index in [1.54, 1.807) is 0 Å². The van der Waals surface area contributed by atoms with Crippen LogP contribution >= 0.6 is 15.9 Å². The second kappa shape index (κ2) is 4.90. The molecule has 1 fully saturated rings. The first-order valence-corrected chi connectivity index (χ1v) is 6.03. The molecule has 2 unspecified atom stereocenters. The van der Waals surface area contributed by atoms with E-state index in [0.29, 0.717) is 5.92 Å². The van der Waals surface area contributed by atoms with Gasteiger partial charge in [-0.3, -0.25) is 0 Å². The molecule has 1 saturated heterocycles. The first kappa shape index (κ1) is 10.8. The van der Waals surface area contributed by atoms with Crippen LogP contribution < -0.4 is 5.32 Å². The molecule has 2 atom stereocenters. The van der Waals surface area contributed by atoms with Crippen LogP contribution in [-0.4, -0.2) is 18.9 Å². The first-order chi connectivity index (χ1) is 7.29. The average Bonchev–Trinajstić information content (AvgIpc) is 2.30. The van der Waals surface area contributed by atoms with E-state index in [-0.39, 0.29) is 6.04 Å². The number of carbonyl (C=O) groups is 1. The van der Waals surface area contributed by atoms with Gasteiger partial charge in [-0.2, -0.15) is 0 Å². The van der Waals surface area contributed by atoms with Crippen molar-refractivity contribution in [2.45, 2.75) is 24.8 Å². The summed E-state index contributed by atoms with van der Waals surface area (Å²) in [6, 6.07) is 8.51. The van der Waals surface area contributed by atoms with Gasteiger partial charge in [0.2, 0.25) is 0 Å². The van der Waals surface area contributed by atoms with Crippen molar-refractivity contribution in [3.05, 3.63) is 34.3 Å². The Morgan fingerprint density at radius 2 is 2.00 bits per heavy atom. The zero-order valence-electron chi connectivity index (χ0n) is 8.45. The monoisotopic (exact) mass is 267 g/mol. The molecule has 0 bridgehead atoms. The molecule has 2 rings (SSSR count). The summed E-state index contributed by atoms with van der Waals surface area (Å²) in [5.41, 5.74) is 1.36. The van der Waals surface area contributed by atoms with E-state index < -0.39 is 0 Å². The van der Waals surface area contributed by atoms with Crippen molar-refractivity contribution in [1.82, 2.24) is 5.32 Å². The van der Waals surface area contributed by atoms with Gasteiger partial charge in [0.15, 0.2) is 0 Å². The molecule has 0 spiro atoms. The van der Waals surface area contributed by atoms with Crippen LogP contribution in [0.3, 0.4) is 0 Å². The summed E-state index contributed by atoms with van der Waals surface area (Å²) in [6.07, 6.45) is 3.06. The van der Waals surface area contributed by atoms with Crippen LogP contribution in [0.5, 0.6) is 0 Å². The van der Waals surface area contributed by atoms with Crippen molar-refractivity contribution in [2.24, 2.45) is 0 Å². The van der Waals surface area contributed by atoms with Gasteiger partial charge >= 0.3 is 0 Å². The van der Waals surface area contributed by atoms with Crippen molar-refractivity contribution in [1.29, 1.82) is 0 Å². The zero-order valence-corrected chi connectivity index (χ0v) is 10.0. The van der Waals surface area contributed by atoms with E-state index in [1.165, 1.54) is 5.56 Å². The molecule has 1 heterocycles. The van der Waals surface area contributed by atoms with Crippen molar-refractivity contribution < 1.29 is 4.79 Å². The van der Waals surface area contributed by atoms with E-state index in [4.69, 9.17) is 0 Å². The summed E-state index contributed by atoms with van der Waals surface area (Å²) in [4.78, 5) is 10.6. The normalized spacial score (nSPS) is 26.2. The molecule has 80 valence electrons. The van der Waals surface area contributed by atoms with E-state index in [0.717, 1.165) is 30.1 Å². The predicted molar refractivity (Wildman–Crippen MR) is 64.0 cm³/mol. The molecule has 0 amide bonds. The lowest BCUT2D eigenvalue weighted by atomic mass is 9.89. The lowest BCUT2D eigenvalue weighted by molar-refractivity contribution is -0.110. The maximum atomic E-state index is 10.6. The average molecular weight is 268 g/mol. The summed E-state index contributed by atoms with van der Waals surface area (Å²) in [5.74, 6) is 0.550. The molecule has 0 saturated carbocycles. The minimum Gasteiger partial charge on any atom is -0.307 e. The Balaban J connectivity index is 2.01. The van der Waals surface area contributed by atoms with Gasteiger partial charge < -0.3 is 10.1 Å². The molecule has 1 aromatic rings. The van der Waals surface area contributed by atoms with E-state index in [1.807, 2.05) is 0 Å². The van der Waals surface area contributed by atoms with Crippen LogP contribution in [0.15, 0.2) is 28.7 Å². The van der Waals surface area contributed by atoms with Gasteiger partial charge in [-0.05, 0) is 36.5 Å². The Morgan fingerprint density at radius 1 is 1.27 bits per heavy atom. The fourth-order valence-corrected chi connectivity index (χ4v) is 2.28. The van der Waals surface area contributed by atoms with Crippen LogP contribution in [0.4, 0.5) is 0 Å². The highest BCUT2D eigenvalue weighted by atomic mass is 79.9. The van der Waals surface area contributed by atoms with Gasteiger partial charge in [0.25, 0.3) is 0 Å². The minimum absolute atomic E-state index is 0.0664. The number of rotatable bonds is 2. The molecule has 2 nitrogen and oxygen atoms in total. The lowest BCUT2D eigenvalue weighted by Crippen LogP contribution is -2.38. The van der Waals surface area contributed by atoms with Crippen LogP contribution in [0, 0.1) is 0 Å². The quantitative estimate of drug-likeness (QED) is 0.835. The Morgan fingerprint density at radius 3 is 2.53 bits per heavy atom. The highest BCUT2D eigenvalue weighted by Crippen LogP contribution is 2.25. The molecular weight excluding hydrogens is 254 g/mol. The molecule has 1 aliphatic heterocycles. The standard InChI is InChI=1S/C12H14BrNO/c13-11-4-1-9(2-5-11)10-3-6-12(8-15)14-7-10/h1-2,4-5,8,10,12,14H,3,6-7H2. The van der Waals surface area contributed by atoms with Crippen molar-refractivity contribution in [3.8, 4) is 0 Å². The summed E-state index contributed by atoms with van der Waals surface area (Å²) in [6.45, 7) is 0.908. The van der Waals surface area contributed by atoms with Gasteiger partial charge in [0, 0.05) is 11.0 Å². The van der Waals surface area contributed by atoms with Crippen LogP contribution in [-0.2, 0) is 4.79 Å². The molecule has 0 radical (unpaired) electrons. The lowest BCUT2D eigenvalue weighted by Gasteiger charge is -2.27. The van der Waals surface area contributed by atoms with Gasteiger partial charge in [-0.25, -0.2) is 0 Å². The minimum atomic E-state index is 0.0664. The Bertz CT molecular complexity index is 328. The smallest absolute Gasteiger partial charge is 0.136 e. The second-order valence-corrected chi connectivity index (χ2v) is 4.89. The number of piperidine rings is 1. The number of hydrogen-bond donors (Lipinski definition) is 1. The van der Waals surface area contributed by atoms with E-state index in [9.17, 15) is 4.79 Å². The molecule has 15 heavy (non-hydrogen) atoms. The van der Waals surface area contributed by atoms with Gasteiger partial charge in [-0.1, -0.05) is 28.1 Å². The highest BCUT2D eigenvalue weighted by Gasteiger charge is 2.20.